The van der Waals surface area contributed by atoms with Gasteiger partial charge in [-0.2, -0.15) is 0 Å². The zero-order valence-electron chi connectivity index (χ0n) is 27.9. The van der Waals surface area contributed by atoms with E-state index in [1.54, 1.807) is 0 Å². The highest BCUT2D eigenvalue weighted by Gasteiger charge is 2.24. The average molecular weight is 668 g/mol. The van der Waals surface area contributed by atoms with Crippen molar-refractivity contribution in [3.63, 3.8) is 0 Å². The van der Waals surface area contributed by atoms with Crippen molar-refractivity contribution >= 4 is 82.7 Å². The fraction of sp³-hybridized carbons (Fsp3) is 0. The number of oxazole rings is 1. The Kier molecular flexibility index (Phi) is 6.18. The largest absolute Gasteiger partial charge is 0.456 e. The molecule has 0 N–H and O–H groups in total. The third-order valence-corrected chi connectivity index (χ3v) is 10.2. The normalized spacial score (nSPS) is 11.8. The summed E-state index contributed by atoms with van der Waals surface area (Å²) in [7, 11) is 0. The standard InChI is InChI=1S/C47H29N3O2/c1-3-13-30(14-4-1)47-48-45-42(27-31-15-7-8-18-35(31)46(45)52-47)49(33-24-26-44-39(28-33)38-20-10-12-22-43(38)51-44)34-23-25-37-36-19-9-11-21-40(36)50(41(37)29-34)32-16-5-2-6-17-32/h1-29H. The van der Waals surface area contributed by atoms with Gasteiger partial charge in [0.25, 0.3) is 0 Å². The van der Waals surface area contributed by atoms with E-state index < -0.39 is 0 Å². The number of hydrogen-bond donors (Lipinski definition) is 0. The van der Waals surface area contributed by atoms with Crippen LogP contribution in [0.25, 0.3) is 82.8 Å². The fourth-order valence-electron chi connectivity index (χ4n) is 7.83. The van der Waals surface area contributed by atoms with Crippen LogP contribution in [-0.4, -0.2) is 9.55 Å². The van der Waals surface area contributed by atoms with Gasteiger partial charge in [-0.05, 0) is 78.2 Å². The van der Waals surface area contributed by atoms with Gasteiger partial charge in [-0.25, -0.2) is 4.98 Å². The molecule has 5 nitrogen and oxygen atoms in total. The summed E-state index contributed by atoms with van der Waals surface area (Å²) >= 11 is 0. The van der Waals surface area contributed by atoms with E-state index in [2.05, 4.69) is 143 Å². The molecule has 0 saturated heterocycles. The first-order chi connectivity index (χ1) is 25.8. The van der Waals surface area contributed by atoms with E-state index in [0.717, 1.165) is 83.2 Å². The molecule has 8 aromatic carbocycles. The maximum atomic E-state index is 6.68. The maximum absolute atomic E-state index is 6.68. The summed E-state index contributed by atoms with van der Waals surface area (Å²) in [5, 5.41) is 6.63. The van der Waals surface area contributed by atoms with E-state index >= 15 is 0 Å². The van der Waals surface area contributed by atoms with Gasteiger partial charge in [0.15, 0.2) is 5.58 Å². The molecule has 0 aliphatic heterocycles. The monoisotopic (exact) mass is 667 g/mol. The van der Waals surface area contributed by atoms with Crippen LogP contribution >= 0.6 is 0 Å². The van der Waals surface area contributed by atoms with Gasteiger partial charge in [-0.15, -0.1) is 0 Å². The topological polar surface area (TPSA) is 47.3 Å². The zero-order valence-corrected chi connectivity index (χ0v) is 27.9. The second-order valence-corrected chi connectivity index (χ2v) is 13.2. The van der Waals surface area contributed by atoms with Crippen molar-refractivity contribution in [3.8, 4) is 17.1 Å². The quantitative estimate of drug-likeness (QED) is 0.183. The van der Waals surface area contributed by atoms with Crippen molar-refractivity contribution < 1.29 is 8.83 Å². The molecule has 0 radical (unpaired) electrons. The minimum absolute atomic E-state index is 0.587. The number of benzene rings is 8. The van der Waals surface area contributed by atoms with Crippen molar-refractivity contribution in [2.45, 2.75) is 0 Å². The third kappa shape index (κ3) is 4.33. The van der Waals surface area contributed by atoms with Crippen LogP contribution < -0.4 is 4.90 Å². The molecule has 52 heavy (non-hydrogen) atoms. The van der Waals surface area contributed by atoms with Gasteiger partial charge in [0.1, 0.15) is 16.7 Å². The Morgan fingerprint density at radius 1 is 0.462 bits per heavy atom. The van der Waals surface area contributed by atoms with E-state index in [0.29, 0.717) is 5.89 Å². The highest BCUT2D eigenvalue weighted by Crippen LogP contribution is 2.46. The van der Waals surface area contributed by atoms with Crippen LogP contribution in [0.1, 0.15) is 0 Å². The van der Waals surface area contributed by atoms with E-state index in [-0.39, 0.29) is 0 Å². The summed E-state index contributed by atoms with van der Waals surface area (Å²) in [6.45, 7) is 0. The first-order valence-electron chi connectivity index (χ1n) is 17.5. The van der Waals surface area contributed by atoms with Gasteiger partial charge in [-0.1, -0.05) is 103 Å². The number of rotatable bonds is 5. The molecular weight excluding hydrogens is 639 g/mol. The highest BCUT2D eigenvalue weighted by molar-refractivity contribution is 6.14. The van der Waals surface area contributed by atoms with E-state index in [4.69, 9.17) is 13.8 Å². The first kappa shape index (κ1) is 28.7. The lowest BCUT2D eigenvalue weighted by molar-refractivity contribution is 0.623. The average Bonchev–Trinajstić information content (AvgIpc) is 3.91. The number of nitrogens with zero attached hydrogens (tertiary/aromatic N) is 3. The number of furan rings is 1. The predicted molar refractivity (Wildman–Crippen MR) is 213 cm³/mol. The highest BCUT2D eigenvalue weighted by atomic mass is 16.3. The molecule has 3 heterocycles. The second-order valence-electron chi connectivity index (χ2n) is 13.2. The van der Waals surface area contributed by atoms with Crippen LogP contribution in [0.5, 0.6) is 0 Å². The van der Waals surface area contributed by atoms with Gasteiger partial charge < -0.3 is 18.3 Å². The fourth-order valence-corrected chi connectivity index (χ4v) is 7.83. The van der Waals surface area contributed by atoms with Crippen LogP contribution in [-0.2, 0) is 0 Å². The lowest BCUT2D eigenvalue weighted by atomic mass is 10.0. The lowest BCUT2D eigenvalue weighted by Gasteiger charge is -2.26. The van der Waals surface area contributed by atoms with E-state index in [1.807, 2.05) is 42.5 Å². The summed E-state index contributed by atoms with van der Waals surface area (Å²) in [6.07, 6.45) is 0. The second kappa shape index (κ2) is 11.2. The first-order valence-corrected chi connectivity index (χ1v) is 17.5. The van der Waals surface area contributed by atoms with Crippen LogP contribution in [0.4, 0.5) is 17.1 Å². The molecular formula is C47H29N3O2. The summed E-state index contributed by atoms with van der Waals surface area (Å²) in [5.74, 6) is 0.587. The molecule has 0 spiro atoms. The van der Waals surface area contributed by atoms with E-state index in [1.165, 1.54) is 10.8 Å². The SMILES string of the molecule is c1ccc(-c2nc3c(N(c4ccc5oc6ccccc6c5c4)c4ccc5c6ccccc6n(-c6ccccc6)c5c4)cc4ccccc4c3o2)cc1. The predicted octanol–water partition coefficient (Wildman–Crippen LogP) is 13.1. The van der Waals surface area contributed by atoms with Crippen molar-refractivity contribution in [1.29, 1.82) is 0 Å². The van der Waals surface area contributed by atoms with Gasteiger partial charge in [0.05, 0.1) is 16.7 Å². The van der Waals surface area contributed by atoms with Crippen LogP contribution in [0.15, 0.2) is 185 Å². The minimum atomic E-state index is 0.587. The van der Waals surface area contributed by atoms with Gasteiger partial charge in [0.2, 0.25) is 5.89 Å². The number of hydrogen-bond acceptors (Lipinski definition) is 4. The summed E-state index contributed by atoms with van der Waals surface area (Å²) in [4.78, 5) is 7.56. The van der Waals surface area contributed by atoms with Crippen molar-refractivity contribution in [2.75, 3.05) is 4.90 Å². The van der Waals surface area contributed by atoms with Crippen LogP contribution in [0.2, 0.25) is 0 Å². The molecule has 244 valence electrons. The summed E-state index contributed by atoms with van der Waals surface area (Å²) < 4.78 is 15.3. The molecule has 11 rings (SSSR count). The molecule has 0 atom stereocenters. The molecule has 0 aliphatic rings. The molecule has 0 saturated carbocycles. The van der Waals surface area contributed by atoms with Crippen molar-refractivity contribution in [1.82, 2.24) is 9.55 Å². The Bertz CT molecular complexity index is 3140. The van der Waals surface area contributed by atoms with Gasteiger partial charge >= 0.3 is 0 Å². The number of aromatic nitrogens is 2. The van der Waals surface area contributed by atoms with Gasteiger partial charge in [0, 0.05) is 49.6 Å². The van der Waals surface area contributed by atoms with Gasteiger partial charge in [-0.3, -0.25) is 0 Å². The Morgan fingerprint density at radius 3 is 1.98 bits per heavy atom. The zero-order chi connectivity index (χ0) is 34.2. The number of fused-ring (bicyclic) bond motifs is 9. The molecule has 0 unspecified atom stereocenters. The van der Waals surface area contributed by atoms with Crippen molar-refractivity contribution in [2.24, 2.45) is 0 Å². The minimum Gasteiger partial charge on any atom is -0.456 e. The third-order valence-electron chi connectivity index (χ3n) is 10.2. The number of anilines is 3. The summed E-state index contributed by atoms with van der Waals surface area (Å²) in [6, 6.07) is 61.4. The molecule has 0 aliphatic carbocycles. The molecule has 5 heteroatoms. The smallest absolute Gasteiger partial charge is 0.227 e. The Balaban J connectivity index is 1.24. The Morgan fingerprint density at radius 2 is 1.12 bits per heavy atom. The molecule has 11 aromatic rings. The Labute approximate surface area is 298 Å². The molecule has 0 amide bonds. The van der Waals surface area contributed by atoms with E-state index in [9.17, 15) is 0 Å². The molecule has 0 bridgehead atoms. The summed E-state index contributed by atoms with van der Waals surface area (Å²) in [5.41, 5.74) is 10.5. The van der Waals surface area contributed by atoms with Crippen LogP contribution in [0.3, 0.4) is 0 Å². The van der Waals surface area contributed by atoms with Crippen LogP contribution in [0, 0.1) is 0 Å². The molecule has 0 fully saturated rings. The maximum Gasteiger partial charge on any atom is 0.227 e. The molecule has 3 aromatic heterocycles. The Hall–Kier alpha value is -7.11. The van der Waals surface area contributed by atoms with Crippen molar-refractivity contribution in [3.05, 3.63) is 176 Å². The number of para-hydroxylation sites is 3. The lowest BCUT2D eigenvalue weighted by Crippen LogP contribution is -2.11.